The molecule has 3 aromatic carbocycles. The van der Waals surface area contributed by atoms with Gasteiger partial charge in [-0.05, 0) is 48.9 Å². The molecule has 0 saturated carbocycles. The molecular weight excluding hydrogens is 480 g/mol. The Morgan fingerprint density at radius 1 is 1.03 bits per heavy atom. The number of morpholine rings is 1. The van der Waals surface area contributed by atoms with Crippen molar-refractivity contribution in [2.45, 2.75) is 13.0 Å². The van der Waals surface area contributed by atoms with Gasteiger partial charge < -0.3 is 24.6 Å². The second-order valence-electron chi connectivity index (χ2n) is 9.01. The lowest BCUT2D eigenvalue weighted by atomic mass is 10.1. The van der Waals surface area contributed by atoms with Crippen LogP contribution in [0.1, 0.15) is 17.5 Å². The van der Waals surface area contributed by atoms with Crippen molar-refractivity contribution >= 4 is 22.3 Å². The molecule has 8 nitrogen and oxygen atoms in total. The van der Waals surface area contributed by atoms with Crippen molar-refractivity contribution < 1.29 is 19.3 Å². The van der Waals surface area contributed by atoms with Crippen LogP contribution in [-0.2, 0) is 11.3 Å². The van der Waals surface area contributed by atoms with E-state index >= 15 is 0 Å². The molecule has 1 aromatic heterocycles. The van der Waals surface area contributed by atoms with Gasteiger partial charge in [-0.3, -0.25) is 9.88 Å². The Bertz CT molecular complexity index is 1400. The molecule has 5 rings (SSSR count). The monoisotopic (exact) mass is 510 g/mol. The number of rotatable bonds is 10. The Balaban J connectivity index is 1.32. The van der Waals surface area contributed by atoms with E-state index < -0.39 is 0 Å². The van der Waals surface area contributed by atoms with Gasteiger partial charge in [0.1, 0.15) is 23.3 Å². The van der Waals surface area contributed by atoms with Crippen molar-refractivity contribution in [3.05, 3.63) is 84.1 Å². The highest BCUT2D eigenvalue weighted by Gasteiger charge is 2.15. The van der Waals surface area contributed by atoms with Crippen LogP contribution < -0.4 is 14.8 Å². The van der Waals surface area contributed by atoms with Crippen molar-refractivity contribution in [3.8, 4) is 23.3 Å². The van der Waals surface area contributed by atoms with Crippen LogP contribution in [0.2, 0.25) is 0 Å². The maximum atomic E-state index is 10.1. The number of nitriles is 1. The first kappa shape index (κ1) is 25.5. The number of nitrogens with one attached hydrogen (secondary N) is 1. The molecule has 1 saturated heterocycles. The molecule has 38 heavy (non-hydrogen) atoms. The third kappa shape index (κ3) is 6.21. The highest BCUT2D eigenvalue weighted by atomic mass is 16.5. The molecule has 1 aliphatic heterocycles. The molecule has 0 radical (unpaired) electrons. The first-order chi connectivity index (χ1) is 18.7. The summed E-state index contributed by atoms with van der Waals surface area (Å²) in [6.07, 6.45) is 2.43. The fourth-order valence-corrected chi connectivity index (χ4v) is 4.41. The summed E-state index contributed by atoms with van der Waals surface area (Å²) in [5, 5.41) is 23.9. The topological polar surface area (TPSA) is 99.9 Å². The number of aliphatic hydroxyl groups is 1. The van der Waals surface area contributed by atoms with Crippen LogP contribution in [0.15, 0.2) is 72.9 Å². The second-order valence-corrected chi connectivity index (χ2v) is 9.01. The van der Waals surface area contributed by atoms with Crippen molar-refractivity contribution in [2.24, 2.45) is 0 Å². The SMILES string of the molecule is N#Cc1cnc2cc(OCCCN3CCOCC3)c(CO)cc2c1Nc1ccc(Oc2ccccc2)cc1. The fraction of sp³-hybridized carbons (Fsp3) is 0.267. The van der Waals surface area contributed by atoms with Gasteiger partial charge >= 0.3 is 0 Å². The van der Waals surface area contributed by atoms with E-state index in [0.29, 0.717) is 40.4 Å². The zero-order valence-corrected chi connectivity index (χ0v) is 21.1. The molecular formula is C30H30N4O4. The summed E-state index contributed by atoms with van der Waals surface area (Å²) < 4.78 is 17.3. The molecule has 1 fully saturated rings. The predicted molar refractivity (Wildman–Crippen MR) is 146 cm³/mol. The van der Waals surface area contributed by atoms with E-state index in [1.807, 2.05) is 66.7 Å². The smallest absolute Gasteiger partial charge is 0.127 e. The summed E-state index contributed by atoms with van der Waals surface area (Å²) in [5.41, 5.74) is 3.16. The number of benzene rings is 3. The molecule has 2 N–H and O–H groups in total. The van der Waals surface area contributed by atoms with Gasteiger partial charge in [-0.25, -0.2) is 0 Å². The van der Waals surface area contributed by atoms with Crippen LogP contribution in [0.3, 0.4) is 0 Å². The Labute approximate surface area is 222 Å². The predicted octanol–water partition coefficient (Wildman–Crippen LogP) is 5.24. The average Bonchev–Trinajstić information content (AvgIpc) is 2.97. The highest BCUT2D eigenvalue weighted by Crippen LogP contribution is 2.34. The van der Waals surface area contributed by atoms with E-state index in [0.717, 1.165) is 56.1 Å². The van der Waals surface area contributed by atoms with Gasteiger partial charge in [0, 0.05) is 48.5 Å². The maximum absolute atomic E-state index is 10.1. The van der Waals surface area contributed by atoms with E-state index in [9.17, 15) is 10.4 Å². The lowest BCUT2D eigenvalue weighted by Crippen LogP contribution is -2.37. The Morgan fingerprint density at radius 2 is 1.79 bits per heavy atom. The third-order valence-corrected chi connectivity index (χ3v) is 6.42. The number of ether oxygens (including phenoxy) is 3. The number of pyridine rings is 1. The van der Waals surface area contributed by atoms with Crippen LogP contribution in [0.25, 0.3) is 10.9 Å². The van der Waals surface area contributed by atoms with Crippen LogP contribution in [0.4, 0.5) is 11.4 Å². The van der Waals surface area contributed by atoms with Gasteiger partial charge in [-0.1, -0.05) is 18.2 Å². The summed E-state index contributed by atoms with van der Waals surface area (Å²) in [4.78, 5) is 6.85. The Kier molecular flexibility index (Phi) is 8.31. The molecule has 8 heteroatoms. The first-order valence-corrected chi connectivity index (χ1v) is 12.7. The highest BCUT2D eigenvalue weighted by molar-refractivity contribution is 5.97. The van der Waals surface area contributed by atoms with Gasteiger partial charge in [0.2, 0.25) is 0 Å². The minimum Gasteiger partial charge on any atom is -0.493 e. The number of nitrogens with zero attached hydrogens (tertiary/aromatic N) is 3. The van der Waals surface area contributed by atoms with Crippen molar-refractivity contribution in [2.75, 3.05) is 44.8 Å². The summed E-state index contributed by atoms with van der Waals surface area (Å²) in [5.74, 6) is 2.07. The summed E-state index contributed by atoms with van der Waals surface area (Å²) in [6.45, 7) is 4.74. The van der Waals surface area contributed by atoms with Gasteiger partial charge in [0.05, 0.1) is 43.2 Å². The van der Waals surface area contributed by atoms with Crippen LogP contribution in [0, 0.1) is 11.3 Å². The lowest BCUT2D eigenvalue weighted by Gasteiger charge is -2.26. The van der Waals surface area contributed by atoms with Crippen molar-refractivity contribution in [1.29, 1.82) is 5.26 Å². The third-order valence-electron chi connectivity index (χ3n) is 6.42. The molecule has 0 aliphatic carbocycles. The molecule has 0 unspecified atom stereocenters. The minimum atomic E-state index is -0.184. The average molecular weight is 511 g/mol. The van der Waals surface area contributed by atoms with Crippen LogP contribution in [0.5, 0.6) is 17.2 Å². The van der Waals surface area contributed by atoms with E-state index in [1.165, 1.54) is 0 Å². The zero-order valence-electron chi connectivity index (χ0n) is 21.1. The summed E-state index contributed by atoms with van der Waals surface area (Å²) in [7, 11) is 0. The number of hydrogen-bond donors (Lipinski definition) is 2. The standard InChI is InChI=1S/C30H30N4O4/c31-19-23-20-32-28-18-29(37-14-4-11-34-12-15-36-16-13-34)22(21-35)17-27(28)30(23)33-24-7-9-26(10-8-24)38-25-5-2-1-3-6-25/h1-3,5-10,17-18,20,35H,4,11-16,21H2,(H,32,33). The normalized spacial score (nSPS) is 13.7. The summed E-state index contributed by atoms with van der Waals surface area (Å²) in [6, 6.07) is 23.0. The van der Waals surface area contributed by atoms with E-state index in [2.05, 4.69) is 21.3 Å². The molecule has 4 aromatic rings. The quantitative estimate of drug-likeness (QED) is 0.280. The number of aliphatic hydroxyl groups excluding tert-OH is 1. The maximum Gasteiger partial charge on any atom is 0.127 e. The van der Waals surface area contributed by atoms with Crippen LogP contribution in [-0.4, -0.2) is 54.4 Å². The molecule has 0 amide bonds. The molecule has 0 spiro atoms. The fourth-order valence-electron chi connectivity index (χ4n) is 4.41. The number of fused-ring (bicyclic) bond motifs is 1. The number of aromatic nitrogens is 1. The van der Waals surface area contributed by atoms with E-state index in [-0.39, 0.29) is 6.61 Å². The van der Waals surface area contributed by atoms with Crippen molar-refractivity contribution in [3.63, 3.8) is 0 Å². The number of para-hydroxylation sites is 1. The Morgan fingerprint density at radius 3 is 2.53 bits per heavy atom. The first-order valence-electron chi connectivity index (χ1n) is 12.7. The molecule has 0 atom stereocenters. The number of hydrogen-bond acceptors (Lipinski definition) is 8. The van der Waals surface area contributed by atoms with Gasteiger partial charge in [0.15, 0.2) is 0 Å². The zero-order chi connectivity index (χ0) is 26.2. The molecule has 1 aliphatic rings. The van der Waals surface area contributed by atoms with Gasteiger partial charge in [-0.15, -0.1) is 0 Å². The van der Waals surface area contributed by atoms with Crippen LogP contribution >= 0.6 is 0 Å². The van der Waals surface area contributed by atoms with Gasteiger partial charge in [-0.2, -0.15) is 5.26 Å². The van der Waals surface area contributed by atoms with Crippen molar-refractivity contribution in [1.82, 2.24) is 9.88 Å². The van der Waals surface area contributed by atoms with E-state index in [4.69, 9.17) is 14.2 Å². The molecule has 194 valence electrons. The van der Waals surface area contributed by atoms with E-state index in [1.54, 1.807) is 6.20 Å². The molecule has 2 heterocycles. The lowest BCUT2D eigenvalue weighted by molar-refractivity contribution is 0.0357. The second kappa shape index (κ2) is 12.4. The largest absolute Gasteiger partial charge is 0.493 e. The van der Waals surface area contributed by atoms with Gasteiger partial charge in [0.25, 0.3) is 0 Å². The number of anilines is 2. The molecule has 0 bridgehead atoms. The Hall–Kier alpha value is -4.16. The minimum absolute atomic E-state index is 0.184. The summed E-state index contributed by atoms with van der Waals surface area (Å²) >= 11 is 0.